The molecule has 2 rings (SSSR count). The Labute approximate surface area is 105 Å². The summed E-state index contributed by atoms with van der Waals surface area (Å²) in [5.41, 5.74) is 0. The van der Waals surface area contributed by atoms with Crippen LogP contribution in [0.5, 0.6) is 0 Å². The second kappa shape index (κ2) is 6.46. The van der Waals surface area contributed by atoms with Crippen molar-refractivity contribution in [1.82, 2.24) is 14.8 Å². The van der Waals surface area contributed by atoms with E-state index in [0.717, 1.165) is 13.0 Å². The van der Waals surface area contributed by atoms with Crippen LogP contribution in [0.15, 0.2) is 6.33 Å². The summed E-state index contributed by atoms with van der Waals surface area (Å²) in [4.78, 5) is 11.5. The zero-order valence-corrected chi connectivity index (χ0v) is 10.4. The third-order valence-electron chi connectivity index (χ3n) is 2.55. The number of nitrogens with zero attached hydrogens (tertiary/aromatic N) is 3. The average molecular weight is 255 g/mol. The van der Waals surface area contributed by atoms with Crippen LogP contribution in [0, 0.1) is 0 Å². The number of ether oxygens (including phenoxy) is 3. The van der Waals surface area contributed by atoms with Gasteiger partial charge in [0.1, 0.15) is 6.33 Å². The number of hydrogen-bond donors (Lipinski definition) is 0. The Morgan fingerprint density at radius 3 is 3.06 bits per heavy atom. The summed E-state index contributed by atoms with van der Waals surface area (Å²) in [7, 11) is 0. The van der Waals surface area contributed by atoms with Gasteiger partial charge in [0.25, 0.3) is 0 Å². The summed E-state index contributed by atoms with van der Waals surface area (Å²) < 4.78 is 17.3. The first-order valence-corrected chi connectivity index (χ1v) is 6.05. The predicted octanol–water partition coefficient (Wildman–Crippen LogP) is 0.494. The van der Waals surface area contributed by atoms with E-state index in [0.29, 0.717) is 19.0 Å². The van der Waals surface area contributed by atoms with Crippen LogP contribution in [0.25, 0.3) is 0 Å². The van der Waals surface area contributed by atoms with E-state index < -0.39 is 6.29 Å². The van der Waals surface area contributed by atoms with Crippen molar-refractivity contribution in [2.75, 3.05) is 13.2 Å². The lowest BCUT2D eigenvalue weighted by atomic mass is 10.4. The monoisotopic (exact) mass is 255 g/mol. The highest BCUT2D eigenvalue weighted by atomic mass is 16.7. The molecule has 2 heterocycles. The summed E-state index contributed by atoms with van der Waals surface area (Å²) in [5.74, 6) is 0.298. The maximum absolute atomic E-state index is 11.5. The summed E-state index contributed by atoms with van der Waals surface area (Å²) in [5, 5.41) is 7.71. The number of carbonyl (C=O) groups excluding carboxylic acids is 1. The zero-order valence-electron chi connectivity index (χ0n) is 10.4. The van der Waals surface area contributed by atoms with Crippen LogP contribution in [0.3, 0.4) is 0 Å². The van der Waals surface area contributed by atoms with Gasteiger partial charge in [-0.2, -0.15) is 0 Å². The van der Waals surface area contributed by atoms with Gasteiger partial charge >= 0.3 is 5.97 Å². The van der Waals surface area contributed by atoms with Crippen molar-refractivity contribution in [3.63, 3.8) is 0 Å². The molecule has 0 N–H and O–H groups in total. The molecule has 1 fully saturated rings. The molecule has 1 saturated heterocycles. The van der Waals surface area contributed by atoms with Crippen molar-refractivity contribution in [2.45, 2.75) is 39.2 Å². The van der Waals surface area contributed by atoms with E-state index in [1.54, 1.807) is 6.33 Å². The number of esters is 1. The Balaban J connectivity index is 1.75. The molecule has 0 unspecified atom stereocenters. The Hall–Kier alpha value is -1.47. The number of hydrogen-bond acceptors (Lipinski definition) is 6. The fourth-order valence-corrected chi connectivity index (χ4v) is 1.68. The van der Waals surface area contributed by atoms with Crippen LogP contribution in [0.1, 0.15) is 25.6 Å². The van der Waals surface area contributed by atoms with Gasteiger partial charge in [-0.1, -0.05) is 6.92 Å². The van der Waals surface area contributed by atoms with Gasteiger partial charge in [0, 0.05) is 6.54 Å². The second-order valence-electron chi connectivity index (χ2n) is 3.98. The molecule has 1 aromatic rings. The van der Waals surface area contributed by atoms with Crippen LogP contribution < -0.4 is 0 Å². The predicted molar refractivity (Wildman–Crippen MR) is 60.4 cm³/mol. The Morgan fingerprint density at radius 1 is 1.56 bits per heavy atom. The molecule has 0 bridgehead atoms. The molecule has 1 aliphatic heterocycles. The van der Waals surface area contributed by atoms with E-state index in [-0.39, 0.29) is 19.0 Å². The third kappa shape index (κ3) is 3.51. The van der Waals surface area contributed by atoms with Crippen molar-refractivity contribution < 1.29 is 19.0 Å². The quantitative estimate of drug-likeness (QED) is 0.689. The van der Waals surface area contributed by atoms with Gasteiger partial charge in [0.15, 0.2) is 18.7 Å². The molecule has 1 aromatic heterocycles. The van der Waals surface area contributed by atoms with E-state index >= 15 is 0 Å². The molecule has 1 aliphatic rings. The minimum Gasteiger partial charge on any atom is -0.457 e. The van der Waals surface area contributed by atoms with Crippen molar-refractivity contribution >= 4 is 5.97 Å². The number of rotatable bonds is 6. The minimum absolute atomic E-state index is 0.113. The minimum atomic E-state index is -0.467. The van der Waals surface area contributed by atoms with E-state index in [1.165, 1.54) is 0 Å². The van der Waals surface area contributed by atoms with Crippen molar-refractivity contribution in [2.24, 2.45) is 0 Å². The second-order valence-corrected chi connectivity index (χ2v) is 3.98. The fourth-order valence-electron chi connectivity index (χ4n) is 1.68. The molecule has 0 aliphatic carbocycles. The molecule has 0 saturated carbocycles. The first kappa shape index (κ1) is 13.0. The number of carbonyl (C=O) groups is 1. The van der Waals surface area contributed by atoms with Crippen LogP contribution in [-0.4, -0.2) is 40.2 Å². The molecular formula is C11H17N3O4. The van der Waals surface area contributed by atoms with Gasteiger partial charge in [-0.05, 0) is 6.42 Å². The van der Waals surface area contributed by atoms with Gasteiger partial charge in [0.05, 0.1) is 19.6 Å². The highest BCUT2D eigenvalue weighted by molar-refractivity contribution is 5.69. The van der Waals surface area contributed by atoms with Gasteiger partial charge in [0.2, 0.25) is 0 Å². The van der Waals surface area contributed by atoms with Gasteiger partial charge in [-0.3, -0.25) is 4.79 Å². The van der Waals surface area contributed by atoms with Gasteiger partial charge in [-0.25, -0.2) is 0 Å². The molecule has 7 nitrogen and oxygen atoms in total. The number of aromatic nitrogens is 3. The van der Waals surface area contributed by atoms with Crippen molar-refractivity contribution in [1.29, 1.82) is 0 Å². The largest absolute Gasteiger partial charge is 0.457 e. The van der Waals surface area contributed by atoms with Crippen LogP contribution >= 0.6 is 0 Å². The average Bonchev–Trinajstić information content (AvgIpc) is 2.99. The highest BCUT2D eigenvalue weighted by Crippen LogP contribution is 2.09. The number of aryl methyl sites for hydroxylation is 1. The molecule has 0 radical (unpaired) electrons. The maximum atomic E-state index is 11.5. The molecule has 0 atom stereocenters. The van der Waals surface area contributed by atoms with Gasteiger partial charge < -0.3 is 18.8 Å². The van der Waals surface area contributed by atoms with Crippen LogP contribution in [-0.2, 0) is 32.2 Å². The first-order chi connectivity index (χ1) is 8.79. The SMILES string of the molecule is CCCn1cnnc1COC(=O)CC1OCCO1. The standard InChI is InChI=1S/C11H17N3O4/c1-2-3-14-8-12-13-9(14)7-18-10(15)6-11-16-4-5-17-11/h8,11H,2-7H2,1H3. The van der Waals surface area contributed by atoms with E-state index in [4.69, 9.17) is 14.2 Å². The van der Waals surface area contributed by atoms with Crippen molar-refractivity contribution in [3.8, 4) is 0 Å². The van der Waals surface area contributed by atoms with Crippen molar-refractivity contribution in [3.05, 3.63) is 12.2 Å². The van der Waals surface area contributed by atoms with Gasteiger partial charge in [-0.15, -0.1) is 10.2 Å². The van der Waals surface area contributed by atoms with E-state index in [9.17, 15) is 4.79 Å². The molecule has 100 valence electrons. The fraction of sp³-hybridized carbons (Fsp3) is 0.727. The summed E-state index contributed by atoms with van der Waals surface area (Å²) in [6, 6.07) is 0. The highest BCUT2D eigenvalue weighted by Gasteiger charge is 2.20. The lowest BCUT2D eigenvalue weighted by Gasteiger charge is -2.09. The zero-order chi connectivity index (χ0) is 12.8. The lowest BCUT2D eigenvalue weighted by Crippen LogP contribution is -2.17. The molecular weight excluding hydrogens is 238 g/mol. The Kier molecular flexibility index (Phi) is 4.66. The molecule has 0 amide bonds. The Morgan fingerprint density at radius 2 is 2.33 bits per heavy atom. The topological polar surface area (TPSA) is 75.5 Å². The molecule has 7 heteroatoms. The summed E-state index contributed by atoms with van der Waals surface area (Å²) in [6.45, 7) is 4.07. The normalized spacial score (nSPS) is 16.1. The van der Waals surface area contributed by atoms with Crippen LogP contribution in [0.4, 0.5) is 0 Å². The third-order valence-corrected chi connectivity index (χ3v) is 2.55. The van der Waals surface area contributed by atoms with Crippen LogP contribution in [0.2, 0.25) is 0 Å². The maximum Gasteiger partial charge on any atom is 0.311 e. The van der Waals surface area contributed by atoms with E-state index in [1.807, 2.05) is 4.57 Å². The lowest BCUT2D eigenvalue weighted by molar-refractivity contribution is -0.153. The molecule has 0 spiro atoms. The summed E-state index contributed by atoms with van der Waals surface area (Å²) in [6.07, 6.45) is 2.26. The molecule has 18 heavy (non-hydrogen) atoms. The Bertz CT molecular complexity index is 387. The first-order valence-electron chi connectivity index (χ1n) is 6.05. The molecule has 0 aromatic carbocycles. The van der Waals surface area contributed by atoms with E-state index in [2.05, 4.69) is 17.1 Å². The summed E-state index contributed by atoms with van der Waals surface area (Å²) >= 11 is 0. The smallest absolute Gasteiger partial charge is 0.311 e.